The maximum atomic E-state index is 13.0. The normalized spacial score (nSPS) is 12.6. The molecule has 0 saturated heterocycles. The van der Waals surface area contributed by atoms with Gasteiger partial charge in [0.2, 0.25) is 5.78 Å². The average Bonchev–Trinajstić information content (AvgIpc) is 3.23. The van der Waals surface area contributed by atoms with Gasteiger partial charge in [0.15, 0.2) is 5.78 Å². The number of fused-ring (bicyclic) bond motifs is 2. The van der Waals surface area contributed by atoms with Crippen LogP contribution >= 0.6 is 11.3 Å². The Morgan fingerprint density at radius 1 is 0.519 bits per heavy atom. The van der Waals surface area contributed by atoms with Crippen molar-refractivity contribution in [1.29, 1.82) is 0 Å². The summed E-state index contributed by atoms with van der Waals surface area (Å²) in [5, 5.41) is 1.81. The smallest absolute Gasteiger partial charge is 0.204 e. The van der Waals surface area contributed by atoms with Crippen molar-refractivity contribution in [2.24, 2.45) is 0 Å². The topological polar surface area (TPSA) is 34.1 Å². The third-order valence-corrected chi connectivity index (χ3v) is 5.85. The van der Waals surface area contributed by atoms with Crippen LogP contribution in [0.4, 0.5) is 0 Å². The summed E-state index contributed by atoms with van der Waals surface area (Å²) in [5.74, 6) is -0.135. The fourth-order valence-electron chi connectivity index (χ4n) is 3.62. The highest BCUT2D eigenvalue weighted by molar-refractivity contribution is 7.12. The molecule has 128 valence electrons. The van der Waals surface area contributed by atoms with Crippen LogP contribution in [-0.4, -0.2) is 11.6 Å². The fourth-order valence-corrected chi connectivity index (χ4v) is 4.46. The van der Waals surface area contributed by atoms with E-state index in [1.165, 1.54) is 11.3 Å². The molecular formula is C24H14O2S. The lowest BCUT2D eigenvalue weighted by Crippen LogP contribution is -2.19. The molecule has 0 saturated carbocycles. The molecular weight excluding hydrogens is 352 g/mol. The van der Waals surface area contributed by atoms with E-state index >= 15 is 0 Å². The Balaban J connectivity index is 1.82. The van der Waals surface area contributed by atoms with E-state index in [-0.39, 0.29) is 11.6 Å². The molecule has 27 heavy (non-hydrogen) atoms. The van der Waals surface area contributed by atoms with E-state index in [2.05, 4.69) is 0 Å². The molecule has 0 fully saturated rings. The lowest BCUT2D eigenvalue weighted by atomic mass is 9.83. The van der Waals surface area contributed by atoms with Gasteiger partial charge < -0.3 is 0 Å². The Kier molecular flexibility index (Phi) is 3.62. The van der Waals surface area contributed by atoms with Gasteiger partial charge in [-0.15, -0.1) is 11.3 Å². The van der Waals surface area contributed by atoms with Gasteiger partial charge in [-0.2, -0.15) is 0 Å². The van der Waals surface area contributed by atoms with Gasteiger partial charge in [0.1, 0.15) is 0 Å². The van der Waals surface area contributed by atoms with Crippen LogP contribution in [0.1, 0.15) is 31.2 Å². The SMILES string of the molecule is O=C1c2cc(-c3ccccc3)c(-c3ccccc3)cc2C(=O)c2sccc21. The molecule has 1 aliphatic carbocycles. The third kappa shape index (κ3) is 2.47. The highest BCUT2D eigenvalue weighted by atomic mass is 32.1. The second kappa shape index (κ2) is 6.15. The molecule has 1 aromatic heterocycles. The molecule has 0 radical (unpaired) electrons. The maximum Gasteiger partial charge on any atom is 0.204 e. The zero-order valence-electron chi connectivity index (χ0n) is 14.3. The fraction of sp³-hybridized carbons (Fsp3) is 0. The van der Waals surface area contributed by atoms with Gasteiger partial charge in [-0.1, -0.05) is 60.7 Å². The molecule has 1 aliphatic rings. The molecule has 0 amide bonds. The molecule has 3 aromatic carbocycles. The Morgan fingerprint density at radius 3 is 1.59 bits per heavy atom. The second-order valence-electron chi connectivity index (χ2n) is 6.50. The van der Waals surface area contributed by atoms with Crippen molar-refractivity contribution in [3.63, 3.8) is 0 Å². The summed E-state index contributed by atoms with van der Waals surface area (Å²) in [6, 6.07) is 25.5. The largest absolute Gasteiger partial charge is 0.289 e. The molecule has 0 bridgehead atoms. The van der Waals surface area contributed by atoms with Crippen molar-refractivity contribution in [1.82, 2.24) is 0 Å². The number of carbonyl (C=O) groups excluding carboxylic acids is 2. The number of ketones is 2. The summed E-state index contributed by atoms with van der Waals surface area (Å²) in [6.45, 7) is 0. The third-order valence-electron chi connectivity index (χ3n) is 4.93. The first-order valence-electron chi connectivity index (χ1n) is 8.70. The number of hydrogen-bond acceptors (Lipinski definition) is 3. The Bertz CT molecular complexity index is 1090. The van der Waals surface area contributed by atoms with Crippen molar-refractivity contribution in [2.45, 2.75) is 0 Å². The van der Waals surface area contributed by atoms with Gasteiger partial charge in [-0.05, 0) is 45.8 Å². The first-order valence-corrected chi connectivity index (χ1v) is 9.58. The highest BCUT2D eigenvalue weighted by Crippen LogP contribution is 2.39. The predicted molar refractivity (Wildman–Crippen MR) is 108 cm³/mol. The van der Waals surface area contributed by atoms with Crippen molar-refractivity contribution in [3.8, 4) is 22.3 Å². The summed E-state index contributed by atoms with van der Waals surface area (Å²) in [6.07, 6.45) is 0. The van der Waals surface area contributed by atoms with Gasteiger partial charge in [0, 0.05) is 16.7 Å². The van der Waals surface area contributed by atoms with E-state index in [0.717, 1.165) is 22.3 Å². The zero-order valence-corrected chi connectivity index (χ0v) is 15.1. The molecule has 0 aliphatic heterocycles. The Labute approximate surface area is 160 Å². The summed E-state index contributed by atoms with van der Waals surface area (Å²) >= 11 is 1.33. The number of benzene rings is 3. The zero-order chi connectivity index (χ0) is 18.4. The summed E-state index contributed by atoms with van der Waals surface area (Å²) < 4.78 is 0. The van der Waals surface area contributed by atoms with Gasteiger partial charge >= 0.3 is 0 Å². The first kappa shape index (κ1) is 15.9. The van der Waals surface area contributed by atoms with Crippen molar-refractivity contribution in [2.75, 3.05) is 0 Å². The minimum atomic E-state index is -0.0716. The summed E-state index contributed by atoms with van der Waals surface area (Å²) in [7, 11) is 0. The predicted octanol–water partition coefficient (Wildman–Crippen LogP) is 5.86. The number of hydrogen-bond donors (Lipinski definition) is 0. The van der Waals surface area contributed by atoms with Crippen LogP contribution in [-0.2, 0) is 0 Å². The molecule has 2 nitrogen and oxygen atoms in total. The molecule has 0 N–H and O–H groups in total. The monoisotopic (exact) mass is 366 g/mol. The van der Waals surface area contributed by atoms with E-state index in [1.54, 1.807) is 6.07 Å². The van der Waals surface area contributed by atoms with Gasteiger partial charge in [0.25, 0.3) is 0 Å². The quantitative estimate of drug-likeness (QED) is 0.392. The maximum absolute atomic E-state index is 13.0. The number of carbonyl (C=O) groups is 2. The molecule has 4 aromatic rings. The van der Waals surface area contributed by atoms with Crippen LogP contribution in [0.15, 0.2) is 84.2 Å². The minimum Gasteiger partial charge on any atom is -0.289 e. The summed E-state index contributed by atoms with van der Waals surface area (Å²) in [5.41, 5.74) is 5.47. The van der Waals surface area contributed by atoms with Crippen molar-refractivity contribution < 1.29 is 9.59 Å². The average molecular weight is 366 g/mol. The van der Waals surface area contributed by atoms with Crippen molar-refractivity contribution >= 4 is 22.9 Å². The first-order chi connectivity index (χ1) is 13.2. The van der Waals surface area contributed by atoms with Crippen LogP contribution in [0.3, 0.4) is 0 Å². The molecule has 0 unspecified atom stereocenters. The van der Waals surface area contributed by atoms with Gasteiger partial charge in [-0.3, -0.25) is 9.59 Å². The van der Waals surface area contributed by atoms with Crippen molar-refractivity contribution in [3.05, 3.63) is 106 Å². The van der Waals surface area contributed by atoms with E-state index in [4.69, 9.17) is 0 Å². The molecule has 5 rings (SSSR count). The standard InChI is InChI=1S/C24H14O2S/c25-22-17-11-12-27-24(17)23(26)21-14-19(16-9-5-2-6-10-16)18(13-20(21)22)15-7-3-1-4-8-15/h1-14H. The van der Waals surface area contributed by atoms with Crippen LogP contribution in [0.25, 0.3) is 22.3 Å². The molecule has 3 heteroatoms. The number of thiophene rings is 1. The van der Waals surface area contributed by atoms with E-state index in [9.17, 15) is 9.59 Å². The Morgan fingerprint density at radius 2 is 1.04 bits per heavy atom. The Hall–Kier alpha value is -3.30. The lowest BCUT2D eigenvalue weighted by Gasteiger charge is -2.19. The van der Waals surface area contributed by atoms with E-state index in [1.807, 2.05) is 78.2 Å². The van der Waals surface area contributed by atoms with Crippen LogP contribution in [0.2, 0.25) is 0 Å². The highest BCUT2D eigenvalue weighted by Gasteiger charge is 2.32. The second-order valence-corrected chi connectivity index (χ2v) is 7.41. The molecule has 1 heterocycles. The van der Waals surface area contributed by atoms with Crippen LogP contribution in [0.5, 0.6) is 0 Å². The summed E-state index contributed by atoms with van der Waals surface area (Å²) in [4.78, 5) is 26.5. The van der Waals surface area contributed by atoms with Crippen LogP contribution < -0.4 is 0 Å². The van der Waals surface area contributed by atoms with Gasteiger partial charge in [-0.25, -0.2) is 0 Å². The lowest BCUT2D eigenvalue weighted by molar-refractivity contribution is 0.0982. The minimum absolute atomic E-state index is 0.0635. The molecule has 0 atom stereocenters. The van der Waals surface area contributed by atoms with E-state index < -0.39 is 0 Å². The van der Waals surface area contributed by atoms with Crippen LogP contribution in [0, 0.1) is 0 Å². The van der Waals surface area contributed by atoms with Gasteiger partial charge in [0.05, 0.1) is 4.88 Å². The van der Waals surface area contributed by atoms with E-state index in [0.29, 0.717) is 21.6 Å². The number of rotatable bonds is 2. The molecule has 0 spiro atoms.